The van der Waals surface area contributed by atoms with E-state index in [0.29, 0.717) is 11.1 Å². The third-order valence-corrected chi connectivity index (χ3v) is 3.88. The molecule has 0 aliphatic carbocycles. The van der Waals surface area contributed by atoms with Gasteiger partial charge in [0.05, 0.1) is 22.1 Å². The van der Waals surface area contributed by atoms with E-state index >= 15 is 0 Å². The summed E-state index contributed by atoms with van der Waals surface area (Å²) in [5, 5.41) is 20.3. The maximum absolute atomic E-state index is 12.3. The van der Waals surface area contributed by atoms with Crippen molar-refractivity contribution in [2.75, 3.05) is 0 Å². The summed E-state index contributed by atoms with van der Waals surface area (Å²) in [5.74, 6) is -0.427. The number of esters is 1. The van der Waals surface area contributed by atoms with E-state index in [9.17, 15) is 20.2 Å². The first-order valence-corrected chi connectivity index (χ1v) is 8.31. The number of nitriles is 1. The van der Waals surface area contributed by atoms with Crippen LogP contribution in [0.25, 0.3) is 11.6 Å². The molecule has 0 bridgehead atoms. The van der Waals surface area contributed by atoms with Crippen LogP contribution < -0.4 is 4.74 Å². The van der Waals surface area contributed by atoms with Crippen molar-refractivity contribution in [3.63, 3.8) is 0 Å². The summed E-state index contributed by atoms with van der Waals surface area (Å²) >= 11 is 0. The Hall–Kier alpha value is -4.24. The molecular formula is C22H14N2O4. The molecule has 0 fully saturated rings. The summed E-state index contributed by atoms with van der Waals surface area (Å²) in [6.45, 7) is 0. The van der Waals surface area contributed by atoms with Gasteiger partial charge in [-0.15, -0.1) is 0 Å². The maximum Gasteiger partial charge on any atom is 0.343 e. The number of non-ortho nitro benzene ring substituents is 1. The first-order valence-electron chi connectivity index (χ1n) is 8.31. The third kappa shape index (κ3) is 4.48. The lowest BCUT2D eigenvalue weighted by atomic mass is 10.0. The van der Waals surface area contributed by atoms with Crippen LogP contribution in [0.2, 0.25) is 0 Å². The summed E-state index contributed by atoms with van der Waals surface area (Å²) in [5.41, 5.74) is 1.83. The van der Waals surface area contributed by atoms with Gasteiger partial charge in [0, 0.05) is 12.1 Å². The molecular weight excluding hydrogens is 356 g/mol. The van der Waals surface area contributed by atoms with E-state index in [1.807, 2.05) is 30.3 Å². The molecule has 0 radical (unpaired) electrons. The largest absolute Gasteiger partial charge is 0.423 e. The molecule has 0 aliphatic rings. The number of hydrogen-bond donors (Lipinski definition) is 0. The molecule has 0 saturated carbocycles. The average molecular weight is 370 g/mol. The average Bonchev–Trinajstić information content (AvgIpc) is 2.73. The Kier molecular flexibility index (Phi) is 5.58. The van der Waals surface area contributed by atoms with Crippen molar-refractivity contribution >= 4 is 23.3 Å². The Labute approximate surface area is 161 Å². The zero-order valence-electron chi connectivity index (χ0n) is 14.6. The highest BCUT2D eigenvalue weighted by Crippen LogP contribution is 2.22. The molecule has 3 aromatic carbocycles. The smallest absolute Gasteiger partial charge is 0.343 e. The third-order valence-electron chi connectivity index (χ3n) is 3.88. The number of nitrogens with zero attached hydrogens (tertiary/aromatic N) is 2. The molecule has 0 saturated heterocycles. The van der Waals surface area contributed by atoms with Gasteiger partial charge in [0.1, 0.15) is 5.75 Å². The summed E-state index contributed by atoms with van der Waals surface area (Å²) < 4.78 is 5.32. The minimum atomic E-state index is -0.701. The van der Waals surface area contributed by atoms with E-state index in [1.54, 1.807) is 30.3 Å². The number of carbonyl (C=O) groups is 1. The van der Waals surface area contributed by atoms with E-state index in [4.69, 9.17) is 4.74 Å². The molecule has 0 amide bonds. The highest BCUT2D eigenvalue weighted by molar-refractivity contribution is 5.92. The molecule has 0 heterocycles. The van der Waals surface area contributed by atoms with Crippen molar-refractivity contribution in [3.05, 3.63) is 106 Å². The predicted molar refractivity (Wildman–Crippen MR) is 104 cm³/mol. The van der Waals surface area contributed by atoms with Crippen LogP contribution in [-0.2, 0) is 0 Å². The van der Waals surface area contributed by atoms with Gasteiger partial charge < -0.3 is 4.74 Å². The number of nitro benzene ring substituents is 1. The first kappa shape index (κ1) is 18.5. The number of ether oxygens (including phenoxy) is 1. The van der Waals surface area contributed by atoms with Crippen LogP contribution in [0.1, 0.15) is 21.5 Å². The van der Waals surface area contributed by atoms with Gasteiger partial charge in [-0.2, -0.15) is 5.26 Å². The summed E-state index contributed by atoms with van der Waals surface area (Å²) in [4.78, 5) is 22.6. The van der Waals surface area contributed by atoms with Crippen LogP contribution in [0.4, 0.5) is 5.69 Å². The Morgan fingerprint density at radius 1 is 0.964 bits per heavy atom. The number of benzene rings is 3. The van der Waals surface area contributed by atoms with Crippen LogP contribution in [0.3, 0.4) is 0 Å². The maximum atomic E-state index is 12.3. The van der Waals surface area contributed by atoms with Gasteiger partial charge in [0.2, 0.25) is 0 Å². The number of rotatable bonds is 5. The van der Waals surface area contributed by atoms with E-state index in [-0.39, 0.29) is 17.0 Å². The number of carbonyl (C=O) groups excluding carboxylic acids is 1. The second kappa shape index (κ2) is 8.43. The minimum absolute atomic E-state index is 0.0807. The van der Waals surface area contributed by atoms with Crippen LogP contribution in [0.15, 0.2) is 78.9 Å². The Bertz CT molecular complexity index is 1100. The lowest BCUT2D eigenvalue weighted by Crippen LogP contribution is -2.08. The van der Waals surface area contributed by atoms with Gasteiger partial charge in [0.15, 0.2) is 0 Å². The van der Waals surface area contributed by atoms with Crippen molar-refractivity contribution in [2.45, 2.75) is 0 Å². The van der Waals surface area contributed by atoms with Crippen molar-refractivity contribution in [2.24, 2.45) is 0 Å². The van der Waals surface area contributed by atoms with E-state index in [1.165, 1.54) is 18.2 Å². The van der Waals surface area contributed by atoms with Gasteiger partial charge in [-0.25, -0.2) is 4.79 Å². The number of allylic oxidation sites excluding steroid dienone is 1. The van der Waals surface area contributed by atoms with Crippen molar-refractivity contribution < 1.29 is 14.5 Å². The zero-order valence-corrected chi connectivity index (χ0v) is 14.6. The molecule has 28 heavy (non-hydrogen) atoms. The second-order valence-electron chi connectivity index (χ2n) is 5.81. The van der Waals surface area contributed by atoms with Gasteiger partial charge >= 0.3 is 5.97 Å². The predicted octanol–water partition coefficient (Wildman–Crippen LogP) is 4.88. The van der Waals surface area contributed by atoms with Gasteiger partial charge in [-0.1, -0.05) is 48.5 Å². The lowest BCUT2D eigenvalue weighted by molar-refractivity contribution is -0.384. The van der Waals surface area contributed by atoms with E-state index in [0.717, 1.165) is 11.6 Å². The van der Waals surface area contributed by atoms with E-state index in [2.05, 4.69) is 6.07 Å². The Morgan fingerprint density at radius 2 is 1.68 bits per heavy atom. The van der Waals surface area contributed by atoms with Gasteiger partial charge in [0.25, 0.3) is 5.69 Å². The Balaban J connectivity index is 1.83. The van der Waals surface area contributed by atoms with Gasteiger partial charge in [-0.05, 0) is 35.4 Å². The van der Waals surface area contributed by atoms with Crippen molar-refractivity contribution in [1.82, 2.24) is 0 Å². The first-order chi connectivity index (χ1) is 13.6. The topological polar surface area (TPSA) is 93.2 Å². The van der Waals surface area contributed by atoms with Crippen LogP contribution in [0, 0.1) is 21.4 Å². The summed E-state index contributed by atoms with van der Waals surface area (Å²) in [6.07, 6.45) is 1.69. The SMILES string of the molecule is N#C/C(=C/c1cccc(OC(=O)c2cccc([N+](=O)[O-])c2)c1)c1ccccc1. The molecule has 0 N–H and O–H groups in total. The summed E-state index contributed by atoms with van der Waals surface area (Å²) in [7, 11) is 0. The highest BCUT2D eigenvalue weighted by atomic mass is 16.6. The molecule has 0 spiro atoms. The van der Waals surface area contributed by atoms with E-state index < -0.39 is 10.9 Å². The summed E-state index contributed by atoms with van der Waals surface area (Å²) in [6, 6.07) is 23.4. The van der Waals surface area contributed by atoms with Crippen LogP contribution in [-0.4, -0.2) is 10.9 Å². The lowest BCUT2D eigenvalue weighted by Gasteiger charge is -2.06. The molecule has 0 aromatic heterocycles. The minimum Gasteiger partial charge on any atom is -0.423 e. The number of hydrogen-bond acceptors (Lipinski definition) is 5. The molecule has 6 heteroatoms. The van der Waals surface area contributed by atoms with Crippen molar-refractivity contribution in [1.29, 1.82) is 5.26 Å². The monoisotopic (exact) mass is 370 g/mol. The van der Waals surface area contributed by atoms with Crippen LogP contribution in [0.5, 0.6) is 5.75 Å². The zero-order chi connectivity index (χ0) is 19.9. The van der Waals surface area contributed by atoms with Gasteiger partial charge in [-0.3, -0.25) is 10.1 Å². The molecule has 0 unspecified atom stereocenters. The molecule has 0 aliphatic heterocycles. The molecule has 3 aromatic rings. The van der Waals surface area contributed by atoms with Crippen LogP contribution >= 0.6 is 0 Å². The quantitative estimate of drug-likeness (QED) is 0.159. The normalized spacial score (nSPS) is 10.8. The standard InChI is InChI=1S/C22H14N2O4/c23-15-19(17-7-2-1-3-8-17)12-16-6-4-11-21(13-16)28-22(25)18-9-5-10-20(14-18)24(26)27/h1-14H/b19-12-. The highest BCUT2D eigenvalue weighted by Gasteiger charge is 2.13. The Morgan fingerprint density at radius 3 is 2.39 bits per heavy atom. The number of nitro groups is 1. The molecule has 6 nitrogen and oxygen atoms in total. The van der Waals surface area contributed by atoms with Crippen molar-refractivity contribution in [3.8, 4) is 11.8 Å². The second-order valence-corrected chi connectivity index (χ2v) is 5.81. The molecule has 0 atom stereocenters. The molecule has 136 valence electrons. The fraction of sp³-hybridized carbons (Fsp3) is 0. The fourth-order valence-corrected chi connectivity index (χ4v) is 2.54. The molecule has 3 rings (SSSR count). The fourth-order valence-electron chi connectivity index (χ4n) is 2.54.